The molecule has 0 aliphatic heterocycles. The van der Waals surface area contributed by atoms with Crippen LogP contribution in [0.4, 0.5) is 10.1 Å². The first-order chi connectivity index (χ1) is 10.1. The van der Waals surface area contributed by atoms with E-state index in [1.54, 1.807) is 37.3 Å². The quantitative estimate of drug-likeness (QED) is 0.838. The van der Waals surface area contributed by atoms with E-state index in [0.717, 1.165) is 11.3 Å². The smallest absolute Gasteiger partial charge is 0.338 e. The molecular weight excluding hydrogens is 293 g/mol. The Morgan fingerprint density at radius 1 is 1.24 bits per heavy atom. The van der Waals surface area contributed by atoms with Crippen LogP contribution in [0.5, 0.6) is 0 Å². The second kappa shape index (κ2) is 7.09. The van der Waals surface area contributed by atoms with Crippen molar-refractivity contribution in [1.29, 1.82) is 0 Å². The lowest BCUT2D eigenvalue weighted by molar-refractivity contribution is 0.0526. The number of anilines is 1. The molecule has 5 heteroatoms. The Balaban J connectivity index is 1.97. The van der Waals surface area contributed by atoms with Crippen molar-refractivity contribution >= 4 is 23.3 Å². The van der Waals surface area contributed by atoms with Crippen LogP contribution >= 0.6 is 11.6 Å². The van der Waals surface area contributed by atoms with Gasteiger partial charge in [0.05, 0.1) is 17.2 Å². The van der Waals surface area contributed by atoms with Gasteiger partial charge in [-0.15, -0.1) is 0 Å². The molecule has 0 aliphatic carbocycles. The monoisotopic (exact) mass is 307 g/mol. The van der Waals surface area contributed by atoms with Crippen molar-refractivity contribution in [3.05, 3.63) is 64.4 Å². The fourth-order valence-electron chi connectivity index (χ4n) is 1.79. The number of carbonyl (C=O) groups excluding carboxylic acids is 1. The highest BCUT2D eigenvalue weighted by Gasteiger charge is 2.05. The van der Waals surface area contributed by atoms with Gasteiger partial charge >= 0.3 is 5.97 Å². The fraction of sp³-hybridized carbons (Fsp3) is 0.188. The van der Waals surface area contributed by atoms with Gasteiger partial charge in [-0.1, -0.05) is 17.7 Å². The first-order valence-electron chi connectivity index (χ1n) is 6.55. The van der Waals surface area contributed by atoms with Gasteiger partial charge in [-0.05, 0) is 48.9 Å². The lowest BCUT2D eigenvalue weighted by Gasteiger charge is -2.08. The van der Waals surface area contributed by atoms with Crippen molar-refractivity contribution in [3.63, 3.8) is 0 Å². The summed E-state index contributed by atoms with van der Waals surface area (Å²) in [5.41, 5.74) is 2.12. The maximum Gasteiger partial charge on any atom is 0.338 e. The van der Waals surface area contributed by atoms with E-state index in [2.05, 4.69) is 5.32 Å². The van der Waals surface area contributed by atoms with Crippen molar-refractivity contribution in [1.82, 2.24) is 0 Å². The van der Waals surface area contributed by atoms with Gasteiger partial charge in [-0.25, -0.2) is 9.18 Å². The summed E-state index contributed by atoms with van der Waals surface area (Å²) in [5, 5.41) is 3.25. The summed E-state index contributed by atoms with van der Waals surface area (Å²) in [6.07, 6.45) is 0. The first kappa shape index (κ1) is 15.3. The molecule has 0 atom stereocenters. The number of ether oxygens (including phenoxy) is 1. The van der Waals surface area contributed by atoms with Crippen LogP contribution in [0, 0.1) is 5.82 Å². The van der Waals surface area contributed by atoms with Gasteiger partial charge in [0.15, 0.2) is 0 Å². The minimum atomic E-state index is -0.436. The number of carbonyl (C=O) groups is 1. The summed E-state index contributed by atoms with van der Waals surface area (Å²) in [4.78, 5) is 11.5. The van der Waals surface area contributed by atoms with Gasteiger partial charge in [-0.3, -0.25) is 0 Å². The molecular formula is C16H15ClFNO2. The number of benzene rings is 2. The van der Waals surface area contributed by atoms with Gasteiger partial charge in [0, 0.05) is 12.2 Å². The van der Waals surface area contributed by atoms with Gasteiger partial charge < -0.3 is 10.1 Å². The molecule has 2 aromatic rings. The molecule has 0 saturated heterocycles. The van der Waals surface area contributed by atoms with Crippen molar-refractivity contribution in [2.45, 2.75) is 13.5 Å². The zero-order valence-corrected chi connectivity index (χ0v) is 12.3. The topological polar surface area (TPSA) is 38.3 Å². The number of halogens is 2. The molecule has 0 aromatic heterocycles. The van der Waals surface area contributed by atoms with E-state index in [1.807, 2.05) is 0 Å². The molecule has 0 aliphatic rings. The summed E-state index contributed by atoms with van der Waals surface area (Å²) < 4.78 is 18.2. The summed E-state index contributed by atoms with van der Waals surface area (Å²) in [6, 6.07) is 11.6. The summed E-state index contributed by atoms with van der Waals surface area (Å²) in [7, 11) is 0. The Morgan fingerprint density at radius 3 is 2.57 bits per heavy atom. The van der Waals surface area contributed by atoms with Crippen molar-refractivity contribution in [2.24, 2.45) is 0 Å². The van der Waals surface area contributed by atoms with Crippen molar-refractivity contribution in [3.8, 4) is 0 Å². The normalized spacial score (nSPS) is 10.2. The zero-order chi connectivity index (χ0) is 15.2. The largest absolute Gasteiger partial charge is 0.462 e. The number of esters is 1. The van der Waals surface area contributed by atoms with Crippen LogP contribution in [-0.4, -0.2) is 12.6 Å². The van der Waals surface area contributed by atoms with Crippen LogP contribution in [0.1, 0.15) is 22.8 Å². The highest BCUT2D eigenvalue weighted by molar-refractivity contribution is 6.30. The van der Waals surface area contributed by atoms with Gasteiger partial charge in [0.2, 0.25) is 0 Å². The van der Waals surface area contributed by atoms with Crippen LogP contribution in [0.25, 0.3) is 0 Å². The Morgan fingerprint density at radius 2 is 1.95 bits per heavy atom. The van der Waals surface area contributed by atoms with E-state index in [4.69, 9.17) is 16.3 Å². The predicted octanol–water partition coefficient (Wildman–Crippen LogP) is 4.27. The molecule has 0 fully saturated rings. The molecule has 0 spiro atoms. The Kier molecular flexibility index (Phi) is 5.17. The van der Waals surface area contributed by atoms with Gasteiger partial charge in [0.25, 0.3) is 0 Å². The van der Waals surface area contributed by atoms with Gasteiger partial charge in [0.1, 0.15) is 5.82 Å². The molecule has 110 valence electrons. The average molecular weight is 308 g/mol. The standard InChI is InChI=1S/C16H15ClFNO2/c1-2-21-16(20)12-4-6-13(7-5-12)19-10-11-3-8-14(17)15(18)9-11/h3-9,19H,2,10H2,1H3. The van der Waals surface area contributed by atoms with Gasteiger partial charge in [-0.2, -0.15) is 0 Å². The third-order valence-electron chi connectivity index (χ3n) is 2.88. The number of rotatable bonds is 5. The maximum absolute atomic E-state index is 13.3. The molecule has 0 unspecified atom stereocenters. The lowest BCUT2D eigenvalue weighted by atomic mass is 10.2. The van der Waals surface area contributed by atoms with E-state index in [-0.39, 0.29) is 11.0 Å². The molecule has 0 saturated carbocycles. The van der Waals surface area contributed by atoms with Crippen molar-refractivity contribution in [2.75, 3.05) is 11.9 Å². The van der Waals surface area contributed by atoms with E-state index in [0.29, 0.717) is 18.7 Å². The van der Waals surface area contributed by atoms with E-state index in [9.17, 15) is 9.18 Å². The van der Waals surface area contributed by atoms with Crippen LogP contribution in [0.3, 0.4) is 0 Å². The van der Waals surface area contributed by atoms with E-state index in [1.165, 1.54) is 12.1 Å². The molecule has 0 amide bonds. The van der Waals surface area contributed by atoms with E-state index < -0.39 is 5.82 Å². The highest BCUT2D eigenvalue weighted by atomic mass is 35.5. The minimum Gasteiger partial charge on any atom is -0.462 e. The Bertz CT molecular complexity index is 629. The molecule has 2 aromatic carbocycles. The first-order valence-corrected chi connectivity index (χ1v) is 6.93. The number of nitrogens with one attached hydrogen (secondary N) is 1. The maximum atomic E-state index is 13.3. The highest BCUT2D eigenvalue weighted by Crippen LogP contribution is 2.17. The molecule has 0 bridgehead atoms. The molecule has 21 heavy (non-hydrogen) atoms. The van der Waals surface area contributed by atoms with Crippen LogP contribution in [0.2, 0.25) is 5.02 Å². The van der Waals surface area contributed by atoms with Crippen molar-refractivity contribution < 1.29 is 13.9 Å². The zero-order valence-electron chi connectivity index (χ0n) is 11.5. The van der Waals surface area contributed by atoms with Crippen LogP contribution in [-0.2, 0) is 11.3 Å². The molecule has 0 radical (unpaired) electrons. The number of hydrogen-bond donors (Lipinski definition) is 1. The second-order valence-corrected chi connectivity index (χ2v) is 4.81. The molecule has 1 N–H and O–H groups in total. The van der Waals surface area contributed by atoms with E-state index >= 15 is 0 Å². The molecule has 0 heterocycles. The second-order valence-electron chi connectivity index (χ2n) is 4.40. The minimum absolute atomic E-state index is 0.109. The lowest BCUT2D eigenvalue weighted by Crippen LogP contribution is -2.05. The summed E-state index contributed by atoms with van der Waals surface area (Å²) in [6.45, 7) is 2.58. The Labute approximate surface area is 127 Å². The summed E-state index contributed by atoms with van der Waals surface area (Å²) >= 11 is 5.63. The fourth-order valence-corrected chi connectivity index (χ4v) is 1.91. The average Bonchev–Trinajstić information content (AvgIpc) is 2.49. The van der Waals surface area contributed by atoms with Crippen LogP contribution < -0.4 is 5.32 Å². The Hall–Kier alpha value is -2.07. The molecule has 2 rings (SSSR count). The SMILES string of the molecule is CCOC(=O)c1ccc(NCc2ccc(Cl)c(F)c2)cc1. The third-order valence-corrected chi connectivity index (χ3v) is 3.18. The number of hydrogen-bond acceptors (Lipinski definition) is 3. The van der Waals surface area contributed by atoms with Crippen LogP contribution in [0.15, 0.2) is 42.5 Å². The summed E-state index contributed by atoms with van der Waals surface area (Å²) in [5.74, 6) is -0.780. The molecule has 3 nitrogen and oxygen atoms in total. The predicted molar refractivity (Wildman–Crippen MR) is 81.1 cm³/mol. The third kappa shape index (κ3) is 4.20.